The second kappa shape index (κ2) is 14.5. The van der Waals surface area contributed by atoms with Crippen molar-refractivity contribution in [1.82, 2.24) is 5.32 Å². The molecule has 7 nitrogen and oxygen atoms in total. The quantitative estimate of drug-likeness (QED) is 0.123. The minimum atomic E-state index is -0.493. The first-order valence-corrected chi connectivity index (χ1v) is 16.6. The Morgan fingerprint density at radius 1 is 0.977 bits per heavy atom. The monoisotopic (exact) mass is 684 g/mol. The van der Waals surface area contributed by atoms with Gasteiger partial charge >= 0.3 is 0 Å². The first-order valence-electron chi connectivity index (χ1n) is 14.1. The Labute approximate surface area is 272 Å². The van der Waals surface area contributed by atoms with E-state index in [4.69, 9.17) is 0 Å². The first kappa shape index (κ1) is 31.3. The van der Waals surface area contributed by atoms with E-state index in [9.17, 15) is 19.6 Å². The van der Waals surface area contributed by atoms with E-state index >= 15 is 0 Å². The number of amides is 3. The summed E-state index contributed by atoms with van der Waals surface area (Å²) in [6.07, 6.45) is 5.60. The van der Waals surface area contributed by atoms with E-state index in [0.717, 1.165) is 46.2 Å². The summed E-state index contributed by atoms with van der Waals surface area (Å²) >= 11 is 6.30. The van der Waals surface area contributed by atoms with Crippen molar-refractivity contribution >= 4 is 73.5 Å². The Balaban J connectivity index is 1.28. The molecule has 0 bridgehead atoms. The molecule has 44 heavy (non-hydrogen) atoms. The summed E-state index contributed by atoms with van der Waals surface area (Å²) in [5.74, 6) is -1.09. The number of rotatable bonds is 9. The number of benzene rings is 3. The molecule has 4 aromatic rings. The summed E-state index contributed by atoms with van der Waals surface area (Å²) in [6, 6.07) is 25.6. The number of nitrogens with one attached hydrogen (secondary N) is 3. The molecule has 10 heteroatoms. The Bertz CT molecular complexity index is 1780. The van der Waals surface area contributed by atoms with Crippen LogP contribution in [-0.2, 0) is 22.4 Å². The van der Waals surface area contributed by atoms with Crippen LogP contribution in [0.5, 0.6) is 0 Å². The third-order valence-corrected chi connectivity index (χ3v) is 9.78. The molecule has 3 amide bonds. The van der Waals surface area contributed by atoms with Gasteiger partial charge in [-0.1, -0.05) is 52.3 Å². The van der Waals surface area contributed by atoms with Gasteiger partial charge in [-0.3, -0.25) is 14.4 Å². The van der Waals surface area contributed by atoms with E-state index in [1.54, 1.807) is 48.5 Å². The second-order valence-corrected chi connectivity index (χ2v) is 13.6. The summed E-state index contributed by atoms with van der Waals surface area (Å²) in [5.41, 5.74) is 3.42. The second-order valence-electron chi connectivity index (χ2n) is 10.2. The molecule has 0 fully saturated rings. The molecule has 222 valence electrons. The summed E-state index contributed by atoms with van der Waals surface area (Å²) in [7, 11) is 0. The fraction of sp³-hybridized carbons (Fsp3) is 0.176. The number of carbonyl (C=O) groups is 3. The zero-order valence-corrected chi connectivity index (χ0v) is 27.1. The fourth-order valence-electron chi connectivity index (χ4n) is 4.79. The molecule has 1 aliphatic carbocycles. The number of nitrogens with zero attached hydrogens (tertiary/aromatic N) is 1. The van der Waals surface area contributed by atoms with Crippen LogP contribution in [0.3, 0.4) is 0 Å². The Kier molecular flexibility index (Phi) is 10.3. The molecule has 0 radical (unpaired) electrons. The van der Waals surface area contributed by atoms with E-state index < -0.39 is 17.1 Å². The average Bonchev–Trinajstić information content (AvgIpc) is 3.38. The fourth-order valence-corrected chi connectivity index (χ4v) is 7.38. The molecule has 1 aromatic heterocycles. The topological polar surface area (TPSA) is 111 Å². The molecule has 3 N–H and O–H groups in total. The number of hydrogen-bond donors (Lipinski definition) is 3. The van der Waals surface area contributed by atoms with Crippen molar-refractivity contribution in [3.63, 3.8) is 0 Å². The van der Waals surface area contributed by atoms with Gasteiger partial charge in [0, 0.05) is 25.5 Å². The highest BCUT2D eigenvalue weighted by molar-refractivity contribution is 9.10. The van der Waals surface area contributed by atoms with Gasteiger partial charge in [0.2, 0.25) is 5.91 Å². The van der Waals surface area contributed by atoms with Gasteiger partial charge in [-0.15, -0.1) is 23.1 Å². The minimum absolute atomic E-state index is 0.0784. The lowest BCUT2D eigenvalue weighted by molar-refractivity contribution is -0.115. The van der Waals surface area contributed by atoms with Gasteiger partial charge in [-0.25, -0.2) is 0 Å². The number of nitriles is 1. The van der Waals surface area contributed by atoms with Crippen molar-refractivity contribution in [3.8, 4) is 6.07 Å². The smallest absolute Gasteiger partial charge is 0.272 e. The lowest BCUT2D eigenvalue weighted by atomic mass is 9.96. The number of anilines is 2. The summed E-state index contributed by atoms with van der Waals surface area (Å²) in [6.45, 7) is 1.81. The number of aryl methyl sites for hydroxylation is 1. The van der Waals surface area contributed by atoms with Crippen molar-refractivity contribution in [2.75, 3.05) is 10.6 Å². The van der Waals surface area contributed by atoms with Crippen molar-refractivity contribution in [2.45, 2.75) is 42.8 Å². The van der Waals surface area contributed by atoms with Crippen LogP contribution < -0.4 is 16.0 Å². The van der Waals surface area contributed by atoms with Crippen LogP contribution in [0.15, 0.2) is 93.9 Å². The summed E-state index contributed by atoms with van der Waals surface area (Å²) in [5, 5.41) is 18.5. The Hall–Kier alpha value is -4.17. The van der Waals surface area contributed by atoms with E-state index in [1.165, 1.54) is 28.0 Å². The molecule has 1 aliphatic rings. The lowest BCUT2D eigenvalue weighted by Crippen LogP contribution is -2.30. The number of hydrogen-bond acceptors (Lipinski definition) is 6. The van der Waals surface area contributed by atoms with Crippen molar-refractivity contribution in [3.05, 3.63) is 116 Å². The third kappa shape index (κ3) is 7.85. The average molecular weight is 686 g/mol. The number of thioether (sulfide) groups is 1. The third-order valence-electron chi connectivity index (χ3n) is 6.98. The number of halogens is 1. The predicted octanol–water partition coefficient (Wildman–Crippen LogP) is 7.79. The standard InChI is InChI=1S/C34H29BrN4O3S2/c1-21(31(40)39-34-28(20-36)27-15-5-6-16-30(27)44-34)43-26-14-8-13-25(19-26)37-33(42)29(18-22-9-7-12-24(35)17-22)38-32(41)23-10-3-2-4-11-23/h2-4,7-14,17-19,21H,5-6,15-16H2,1H3,(H,37,42)(H,38,41)(H,39,40)/b29-18+. The Morgan fingerprint density at radius 3 is 2.52 bits per heavy atom. The normalized spacial score (nSPS) is 13.2. The number of thiophene rings is 1. The number of carbonyl (C=O) groups excluding carboxylic acids is 3. The molecule has 1 heterocycles. The predicted molar refractivity (Wildman–Crippen MR) is 181 cm³/mol. The molecule has 1 unspecified atom stereocenters. The zero-order valence-electron chi connectivity index (χ0n) is 23.9. The molecule has 0 spiro atoms. The van der Waals surface area contributed by atoms with E-state index in [-0.39, 0.29) is 11.6 Å². The van der Waals surface area contributed by atoms with Gasteiger partial charge in [-0.05, 0) is 92.3 Å². The molecule has 5 rings (SSSR count). The largest absolute Gasteiger partial charge is 0.321 e. The van der Waals surface area contributed by atoms with Gasteiger partial charge in [0.05, 0.1) is 10.8 Å². The first-order chi connectivity index (χ1) is 21.3. The van der Waals surface area contributed by atoms with Gasteiger partial charge in [0.15, 0.2) is 0 Å². The van der Waals surface area contributed by atoms with Crippen LogP contribution in [0.25, 0.3) is 6.08 Å². The SMILES string of the molecule is CC(Sc1cccc(NC(=O)/C(=C\c2cccc(Br)c2)NC(=O)c2ccccc2)c1)C(=O)Nc1sc2c(c1C#N)CCCC2. The van der Waals surface area contributed by atoms with E-state index in [2.05, 4.69) is 37.9 Å². The number of fused-ring (bicyclic) bond motifs is 1. The van der Waals surface area contributed by atoms with Crippen LogP contribution in [-0.4, -0.2) is 23.0 Å². The van der Waals surface area contributed by atoms with Crippen LogP contribution in [0.1, 0.15) is 51.7 Å². The van der Waals surface area contributed by atoms with Crippen LogP contribution in [0.4, 0.5) is 10.7 Å². The van der Waals surface area contributed by atoms with Crippen LogP contribution >= 0.6 is 39.0 Å². The highest BCUT2D eigenvalue weighted by Crippen LogP contribution is 2.38. The molecular formula is C34H29BrN4O3S2. The van der Waals surface area contributed by atoms with Gasteiger partial charge in [0.1, 0.15) is 16.8 Å². The molecule has 0 aliphatic heterocycles. The molecular weight excluding hydrogens is 656 g/mol. The van der Waals surface area contributed by atoms with Crippen molar-refractivity contribution in [1.29, 1.82) is 5.26 Å². The Morgan fingerprint density at radius 2 is 1.75 bits per heavy atom. The lowest BCUT2D eigenvalue weighted by Gasteiger charge is -2.14. The highest BCUT2D eigenvalue weighted by atomic mass is 79.9. The summed E-state index contributed by atoms with van der Waals surface area (Å²) in [4.78, 5) is 41.5. The van der Waals surface area contributed by atoms with Gasteiger partial charge < -0.3 is 16.0 Å². The van der Waals surface area contributed by atoms with Gasteiger partial charge in [0.25, 0.3) is 11.8 Å². The van der Waals surface area contributed by atoms with Crippen molar-refractivity contribution in [2.24, 2.45) is 0 Å². The molecule has 0 saturated heterocycles. The van der Waals surface area contributed by atoms with Gasteiger partial charge in [-0.2, -0.15) is 5.26 Å². The summed E-state index contributed by atoms with van der Waals surface area (Å²) < 4.78 is 0.839. The maximum Gasteiger partial charge on any atom is 0.272 e. The van der Waals surface area contributed by atoms with Crippen LogP contribution in [0.2, 0.25) is 0 Å². The maximum absolute atomic E-state index is 13.5. The minimum Gasteiger partial charge on any atom is -0.321 e. The molecule has 3 aromatic carbocycles. The van der Waals surface area contributed by atoms with E-state index in [1.807, 2.05) is 43.3 Å². The van der Waals surface area contributed by atoms with E-state index in [0.29, 0.717) is 21.8 Å². The van der Waals surface area contributed by atoms with Crippen molar-refractivity contribution < 1.29 is 14.4 Å². The highest BCUT2D eigenvalue weighted by Gasteiger charge is 2.24. The molecule has 1 atom stereocenters. The maximum atomic E-state index is 13.5. The molecule has 0 saturated carbocycles. The zero-order chi connectivity index (χ0) is 31.1. The van der Waals surface area contributed by atoms with Crippen LogP contribution in [0, 0.1) is 11.3 Å².